The van der Waals surface area contributed by atoms with Gasteiger partial charge in [-0.3, -0.25) is 4.79 Å². The Balaban J connectivity index is 1.31. The first-order valence-electron chi connectivity index (χ1n) is 11.6. The van der Waals surface area contributed by atoms with Gasteiger partial charge in [0.15, 0.2) is 0 Å². The van der Waals surface area contributed by atoms with E-state index in [1.165, 1.54) is 0 Å². The van der Waals surface area contributed by atoms with Crippen LogP contribution in [-0.2, 0) is 14.3 Å². The summed E-state index contributed by atoms with van der Waals surface area (Å²) < 4.78 is 5.56. The molecule has 33 heavy (non-hydrogen) atoms. The standard InChI is InChI=1S/C26H30N2O5/c1-2-17(14-23(29)28-24(25(30)31)16-8-7-9-16)27-26(32)33-15-22-20-12-5-3-10-18(20)19-11-4-6-13-21(19)22/h3-6,10-13,16-17,22,24H,2,7-9,14-15H2,1H3,(H,27,32)(H,28,29)(H,30,31)/t17-,24?/m0/s1. The van der Waals surface area contributed by atoms with Gasteiger partial charge in [0.25, 0.3) is 0 Å². The highest BCUT2D eigenvalue weighted by Crippen LogP contribution is 2.44. The van der Waals surface area contributed by atoms with Crippen molar-refractivity contribution in [3.05, 3.63) is 59.7 Å². The van der Waals surface area contributed by atoms with E-state index in [-0.39, 0.29) is 30.8 Å². The molecule has 2 amide bonds. The third-order valence-electron chi connectivity index (χ3n) is 6.79. The predicted octanol–water partition coefficient (Wildman–Crippen LogP) is 4.06. The molecule has 2 aliphatic carbocycles. The minimum atomic E-state index is -1.01. The highest BCUT2D eigenvalue weighted by Gasteiger charge is 2.34. The molecule has 2 aromatic rings. The number of benzene rings is 2. The fourth-order valence-electron chi connectivity index (χ4n) is 4.71. The van der Waals surface area contributed by atoms with Crippen LogP contribution in [0.25, 0.3) is 11.1 Å². The molecule has 0 bridgehead atoms. The fraction of sp³-hybridized carbons (Fsp3) is 0.423. The van der Waals surface area contributed by atoms with E-state index in [1.807, 2.05) is 31.2 Å². The maximum Gasteiger partial charge on any atom is 0.407 e. The van der Waals surface area contributed by atoms with Gasteiger partial charge in [0.1, 0.15) is 12.6 Å². The number of amides is 2. The Morgan fingerprint density at radius 2 is 1.61 bits per heavy atom. The lowest BCUT2D eigenvalue weighted by molar-refractivity contribution is -0.144. The zero-order chi connectivity index (χ0) is 23.4. The fourth-order valence-corrected chi connectivity index (χ4v) is 4.71. The Kier molecular flexibility index (Phi) is 6.96. The Morgan fingerprint density at radius 3 is 2.12 bits per heavy atom. The maximum atomic E-state index is 12.5. The molecule has 2 atom stereocenters. The Hall–Kier alpha value is -3.35. The number of alkyl carbamates (subject to hydrolysis) is 1. The summed E-state index contributed by atoms with van der Waals surface area (Å²) in [5.41, 5.74) is 4.58. The van der Waals surface area contributed by atoms with Gasteiger partial charge in [-0.15, -0.1) is 0 Å². The normalized spacial score (nSPS) is 16.6. The number of carbonyl (C=O) groups excluding carboxylic acids is 2. The lowest BCUT2D eigenvalue weighted by Gasteiger charge is -2.31. The largest absolute Gasteiger partial charge is 0.480 e. The van der Waals surface area contributed by atoms with E-state index >= 15 is 0 Å². The molecule has 0 aliphatic heterocycles. The lowest BCUT2D eigenvalue weighted by Crippen LogP contribution is -2.49. The molecule has 0 radical (unpaired) electrons. The molecule has 7 heteroatoms. The number of nitrogens with one attached hydrogen (secondary N) is 2. The number of ether oxygens (including phenoxy) is 1. The van der Waals surface area contributed by atoms with Crippen molar-refractivity contribution in [1.82, 2.24) is 10.6 Å². The second kappa shape index (κ2) is 10.1. The number of carboxylic acids is 1. The van der Waals surface area contributed by atoms with Gasteiger partial charge in [-0.25, -0.2) is 9.59 Å². The van der Waals surface area contributed by atoms with Crippen molar-refractivity contribution in [1.29, 1.82) is 0 Å². The number of carboxylic acid groups (broad SMARTS) is 1. The van der Waals surface area contributed by atoms with Crippen LogP contribution in [-0.4, -0.2) is 41.8 Å². The van der Waals surface area contributed by atoms with E-state index in [2.05, 4.69) is 34.9 Å². The van der Waals surface area contributed by atoms with Crippen LogP contribution in [0.15, 0.2) is 48.5 Å². The zero-order valence-corrected chi connectivity index (χ0v) is 18.8. The van der Waals surface area contributed by atoms with E-state index < -0.39 is 24.1 Å². The Morgan fingerprint density at radius 1 is 1.00 bits per heavy atom. The minimum Gasteiger partial charge on any atom is -0.480 e. The first-order chi connectivity index (χ1) is 16.0. The van der Waals surface area contributed by atoms with E-state index in [0.29, 0.717) is 6.42 Å². The number of hydrogen-bond donors (Lipinski definition) is 3. The van der Waals surface area contributed by atoms with Crippen LogP contribution in [0.1, 0.15) is 56.1 Å². The molecule has 1 saturated carbocycles. The summed E-state index contributed by atoms with van der Waals surface area (Å²) in [6, 6.07) is 14.9. The summed E-state index contributed by atoms with van der Waals surface area (Å²) in [6.07, 6.45) is 2.57. The summed E-state index contributed by atoms with van der Waals surface area (Å²) >= 11 is 0. The SMILES string of the molecule is CC[C@@H](CC(=O)NC(C(=O)O)C1CCC1)NC(=O)OCC1c2ccccc2-c2ccccc21. The van der Waals surface area contributed by atoms with E-state index in [9.17, 15) is 19.5 Å². The number of aliphatic carboxylic acids is 1. The van der Waals surface area contributed by atoms with Crippen molar-refractivity contribution < 1.29 is 24.2 Å². The quantitative estimate of drug-likeness (QED) is 0.534. The summed E-state index contributed by atoms with van der Waals surface area (Å²) in [5.74, 6) is -1.43. The first-order valence-corrected chi connectivity index (χ1v) is 11.6. The molecule has 4 rings (SSSR count). The highest BCUT2D eigenvalue weighted by molar-refractivity contribution is 5.84. The smallest absolute Gasteiger partial charge is 0.407 e. The highest BCUT2D eigenvalue weighted by atomic mass is 16.5. The lowest BCUT2D eigenvalue weighted by atomic mass is 9.79. The predicted molar refractivity (Wildman–Crippen MR) is 124 cm³/mol. The van der Waals surface area contributed by atoms with Crippen LogP contribution in [0.4, 0.5) is 4.79 Å². The summed E-state index contributed by atoms with van der Waals surface area (Å²) in [4.78, 5) is 36.4. The van der Waals surface area contributed by atoms with Gasteiger partial charge < -0.3 is 20.5 Å². The van der Waals surface area contributed by atoms with Gasteiger partial charge in [0, 0.05) is 18.4 Å². The van der Waals surface area contributed by atoms with Crippen LogP contribution in [0.2, 0.25) is 0 Å². The van der Waals surface area contributed by atoms with Crippen molar-refractivity contribution in [2.45, 2.75) is 57.0 Å². The van der Waals surface area contributed by atoms with Crippen molar-refractivity contribution in [2.24, 2.45) is 5.92 Å². The van der Waals surface area contributed by atoms with Crippen LogP contribution in [0.5, 0.6) is 0 Å². The third-order valence-corrected chi connectivity index (χ3v) is 6.79. The molecule has 0 spiro atoms. The topological polar surface area (TPSA) is 105 Å². The van der Waals surface area contributed by atoms with Crippen molar-refractivity contribution in [2.75, 3.05) is 6.61 Å². The van der Waals surface area contributed by atoms with Crippen molar-refractivity contribution in [3.8, 4) is 11.1 Å². The van der Waals surface area contributed by atoms with Gasteiger partial charge >= 0.3 is 12.1 Å². The van der Waals surface area contributed by atoms with E-state index in [0.717, 1.165) is 41.5 Å². The molecule has 2 aliphatic rings. The summed E-state index contributed by atoms with van der Waals surface area (Å²) in [6.45, 7) is 2.06. The van der Waals surface area contributed by atoms with Crippen LogP contribution >= 0.6 is 0 Å². The van der Waals surface area contributed by atoms with Gasteiger partial charge in [0.2, 0.25) is 5.91 Å². The second-order valence-electron chi connectivity index (χ2n) is 8.85. The van der Waals surface area contributed by atoms with Crippen LogP contribution in [0, 0.1) is 5.92 Å². The second-order valence-corrected chi connectivity index (χ2v) is 8.85. The molecule has 174 valence electrons. The molecular formula is C26H30N2O5. The Labute approximate surface area is 193 Å². The third kappa shape index (κ3) is 5.02. The molecule has 2 aromatic carbocycles. The average Bonchev–Trinajstić information content (AvgIpc) is 3.09. The van der Waals surface area contributed by atoms with E-state index in [1.54, 1.807) is 0 Å². The zero-order valence-electron chi connectivity index (χ0n) is 18.8. The van der Waals surface area contributed by atoms with Crippen LogP contribution in [0.3, 0.4) is 0 Å². The van der Waals surface area contributed by atoms with E-state index in [4.69, 9.17) is 4.74 Å². The molecule has 1 fully saturated rings. The molecule has 3 N–H and O–H groups in total. The maximum absolute atomic E-state index is 12.5. The monoisotopic (exact) mass is 450 g/mol. The van der Waals surface area contributed by atoms with Gasteiger partial charge in [-0.05, 0) is 47.4 Å². The number of rotatable bonds is 9. The molecular weight excluding hydrogens is 420 g/mol. The number of fused-ring (bicyclic) bond motifs is 3. The summed E-state index contributed by atoms with van der Waals surface area (Å²) in [5, 5.41) is 14.8. The van der Waals surface area contributed by atoms with Gasteiger partial charge in [-0.2, -0.15) is 0 Å². The number of carbonyl (C=O) groups is 3. The average molecular weight is 451 g/mol. The van der Waals surface area contributed by atoms with Crippen molar-refractivity contribution >= 4 is 18.0 Å². The summed E-state index contributed by atoms with van der Waals surface area (Å²) in [7, 11) is 0. The Bertz CT molecular complexity index is 987. The molecule has 0 saturated heterocycles. The van der Waals surface area contributed by atoms with Crippen LogP contribution < -0.4 is 10.6 Å². The van der Waals surface area contributed by atoms with Gasteiger partial charge in [-0.1, -0.05) is 61.9 Å². The molecule has 0 aromatic heterocycles. The minimum absolute atomic E-state index is 0.0111. The van der Waals surface area contributed by atoms with Gasteiger partial charge in [0.05, 0.1) is 0 Å². The molecule has 7 nitrogen and oxygen atoms in total. The molecule has 1 unspecified atom stereocenters. The van der Waals surface area contributed by atoms with Crippen molar-refractivity contribution in [3.63, 3.8) is 0 Å². The molecule has 0 heterocycles. The first kappa shape index (κ1) is 22.8. The number of hydrogen-bond acceptors (Lipinski definition) is 4.